The number of carbonyl (C=O) groups is 1. The molecule has 130 valence electrons. The fourth-order valence-corrected chi connectivity index (χ4v) is 2.52. The van der Waals surface area contributed by atoms with Crippen molar-refractivity contribution in [2.45, 2.75) is 20.4 Å². The molecule has 0 atom stereocenters. The molecule has 0 saturated carbocycles. The third-order valence-electron chi connectivity index (χ3n) is 3.79. The number of hydrogen-bond acceptors (Lipinski definition) is 5. The monoisotopic (exact) mass is 340 g/mol. The molecular formula is C18H20N4O3. The van der Waals surface area contributed by atoms with Gasteiger partial charge in [-0.3, -0.25) is 9.48 Å². The van der Waals surface area contributed by atoms with E-state index in [4.69, 9.17) is 9.15 Å². The average molecular weight is 340 g/mol. The molecule has 0 aliphatic rings. The molecule has 2 aromatic heterocycles. The van der Waals surface area contributed by atoms with Crippen molar-refractivity contribution in [3.8, 4) is 17.1 Å². The van der Waals surface area contributed by atoms with Crippen LogP contribution in [0.1, 0.15) is 22.1 Å². The zero-order chi connectivity index (χ0) is 17.8. The Morgan fingerprint density at radius 3 is 2.68 bits per heavy atom. The zero-order valence-corrected chi connectivity index (χ0v) is 14.4. The molecule has 0 aliphatic carbocycles. The van der Waals surface area contributed by atoms with Gasteiger partial charge in [0.1, 0.15) is 5.75 Å². The van der Waals surface area contributed by atoms with Crippen LogP contribution in [-0.2, 0) is 6.54 Å². The van der Waals surface area contributed by atoms with Gasteiger partial charge in [0.2, 0.25) is 0 Å². The molecule has 3 aromatic rings. The molecule has 0 fully saturated rings. The van der Waals surface area contributed by atoms with Crippen LogP contribution >= 0.6 is 0 Å². The van der Waals surface area contributed by atoms with Crippen molar-refractivity contribution >= 4 is 5.91 Å². The number of hydrogen-bond donors (Lipinski definition) is 1. The van der Waals surface area contributed by atoms with Crippen molar-refractivity contribution in [1.82, 2.24) is 20.1 Å². The molecule has 0 saturated heterocycles. The summed E-state index contributed by atoms with van der Waals surface area (Å²) >= 11 is 0. The smallest absolute Gasteiger partial charge is 0.307 e. The van der Waals surface area contributed by atoms with Crippen LogP contribution < -0.4 is 10.1 Å². The first-order chi connectivity index (χ1) is 12.1. The Morgan fingerprint density at radius 1 is 1.28 bits per heavy atom. The first kappa shape index (κ1) is 16.8. The second-order valence-corrected chi connectivity index (χ2v) is 5.66. The second-order valence-electron chi connectivity index (χ2n) is 5.66. The van der Waals surface area contributed by atoms with Gasteiger partial charge in [-0.15, -0.1) is 0 Å². The zero-order valence-electron chi connectivity index (χ0n) is 14.4. The number of rotatable bonds is 6. The standard InChI is InChI=1S/C18H20N4O3/c1-12-10-13(2)22(21-12)9-8-19-17(23)18-20-11-16(25-18)14-4-6-15(24-3)7-5-14/h4-7,10-11H,8-9H2,1-3H3,(H,19,23). The number of carbonyl (C=O) groups excluding carboxylic acids is 1. The number of benzene rings is 1. The van der Waals surface area contributed by atoms with Gasteiger partial charge in [0, 0.05) is 17.8 Å². The fraction of sp³-hybridized carbons (Fsp3) is 0.278. The van der Waals surface area contributed by atoms with Crippen molar-refractivity contribution in [1.29, 1.82) is 0 Å². The van der Waals surface area contributed by atoms with Crippen LogP contribution in [0, 0.1) is 13.8 Å². The predicted molar refractivity (Wildman–Crippen MR) is 92.5 cm³/mol. The maximum atomic E-state index is 12.2. The Hall–Kier alpha value is -3.09. The summed E-state index contributed by atoms with van der Waals surface area (Å²) in [5.74, 6) is 0.984. The minimum absolute atomic E-state index is 0.0409. The van der Waals surface area contributed by atoms with E-state index in [2.05, 4.69) is 15.4 Å². The van der Waals surface area contributed by atoms with Crippen LogP contribution in [-0.4, -0.2) is 34.3 Å². The minimum atomic E-state index is -0.346. The van der Waals surface area contributed by atoms with Crippen LogP contribution in [0.4, 0.5) is 0 Å². The van der Waals surface area contributed by atoms with E-state index in [0.29, 0.717) is 18.8 Å². The van der Waals surface area contributed by atoms with E-state index >= 15 is 0 Å². The van der Waals surface area contributed by atoms with Crippen LogP contribution in [0.15, 0.2) is 40.9 Å². The quantitative estimate of drug-likeness (QED) is 0.746. The summed E-state index contributed by atoms with van der Waals surface area (Å²) in [5.41, 5.74) is 2.85. The minimum Gasteiger partial charge on any atom is -0.497 e. The first-order valence-electron chi connectivity index (χ1n) is 7.96. The number of nitrogens with zero attached hydrogens (tertiary/aromatic N) is 3. The summed E-state index contributed by atoms with van der Waals surface area (Å²) < 4.78 is 12.5. The Bertz CT molecular complexity index is 865. The SMILES string of the molecule is COc1ccc(-c2cnc(C(=O)NCCn3nc(C)cc3C)o2)cc1. The predicted octanol–water partition coefficient (Wildman–Crippen LogP) is 2.59. The topological polar surface area (TPSA) is 82.2 Å². The Balaban J connectivity index is 1.59. The number of aryl methyl sites for hydroxylation is 2. The molecule has 0 radical (unpaired) electrons. The summed E-state index contributed by atoms with van der Waals surface area (Å²) in [7, 11) is 1.61. The summed E-state index contributed by atoms with van der Waals surface area (Å²) in [4.78, 5) is 16.2. The molecule has 0 bridgehead atoms. The highest BCUT2D eigenvalue weighted by Crippen LogP contribution is 2.23. The van der Waals surface area contributed by atoms with E-state index in [9.17, 15) is 4.79 Å². The summed E-state index contributed by atoms with van der Waals surface area (Å²) in [6.07, 6.45) is 1.54. The Labute approximate surface area is 145 Å². The normalized spacial score (nSPS) is 10.7. The van der Waals surface area contributed by atoms with Gasteiger partial charge in [0.05, 0.1) is 25.5 Å². The lowest BCUT2D eigenvalue weighted by molar-refractivity contribution is 0.0918. The molecule has 1 aromatic carbocycles. The molecule has 1 amide bonds. The highest BCUT2D eigenvalue weighted by molar-refractivity contribution is 5.89. The highest BCUT2D eigenvalue weighted by Gasteiger charge is 2.14. The van der Waals surface area contributed by atoms with Crippen molar-refractivity contribution in [3.63, 3.8) is 0 Å². The van der Waals surface area contributed by atoms with Gasteiger partial charge < -0.3 is 14.5 Å². The highest BCUT2D eigenvalue weighted by atomic mass is 16.5. The maximum absolute atomic E-state index is 12.2. The van der Waals surface area contributed by atoms with Gasteiger partial charge >= 0.3 is 5.91 Å². The van der Waals surface area contributed by atoms with Gasteiger partial charge in [-0.1, -0.05) is 0 Å². The molecule has 7 heteroatoms. The number of methoxy groups -OCH3 is 1. The number of oxazole rings is 1. The van der Waals surface area contributed by atoms with Gasteiger partial charge in [-0.05, 0) is 44.2 Å². The van der Waals surface area contributed by atoms with Crippen LogP contribution in [0.3, 0.4) is 0 Å². The lowest BCUT2D eigenvalue weighted by Gasteiger charge is -2.05. The first-order valence-corrected chi connectivity index (χ1v) is 7.96. The largest absolute Gasteiger partial charge is 0.497 e. The lowest BCUT2D eigenvalue weighted by atomic mass is 10.2. The van der Waals surface area contributed by atoms with Gasteiger partial charge in [-0.2, -0.15) is 5.10 Å². The molecule has 0 unspecified atom stereocenters. The third kappa shape index (κ3) is 3.88. The summed E-state index contributed by atoms with van der Waals surface area (Å²) in [6.45, 7) is 4.96. The molecule has 25 heavy (non-hydrogen) atoms. The number of amides is 1. The Morgan fingerprint density at radius 2 is 2.04 bits per heavy atom. The van der Waals surface area contributed by atoms with E-state index in [1.807, 2.05) is 48.9 Å². The van der Waals surface area contributed by atoms with E-state index in [1.54, 1.807) is 7.11 Å². The second kappa shape index (κ2) is 7.21. The third-order valence-corrected chi connectivity index (χ3v) is 3.79. The molecule has 2 heterocycles. The number of aromatic nitrogens is 3. The van der Waals surface area contributed by atoms with Crippen molar-refractivity contribution in [2.24, 2.45) is 0 Å². The van der Waals surface area contributed by atoms with Crippen LogP contribution in [0.5, 0.6) is 5.75 Å². The molecule has 3 rings (SSSR count). The number of ether oxygens (including phenoxy) is 1. The summed E-state index contributed by atoms with van der Waals surface area (Å²) in [5, 5.41) is 7.14. The van der Waals surface area contributed by atoms with Gasteiger partial charge in [-0.25, -0.2) is 4.98 Å². The van der Waals surface area contributed by atoms with E-state index < -0.39 is 0 Å². The average Bonchev–Trinajstić information content (AvgIpc) is 3.22. The van der Waals surface area contributed by atoms with Crippen LogP contribution in [0.2, 0.25) is 0 Å². The molecule has 0 aliphatic heterocycles. The molecular weight excluding hydrogens is 320 g/mol. The van der Waals surface area contributed by atoms with Crippen molar-refractivity contribution in [2.75, 3.05) is 13.7 Å². The van der Waals surface area contributed by atoms with E-state index in [1.165, 1.54) is 6.20 Å². The molecule has 7 nitrogen and oxygen atoms in total. The van der Waals surface area contributed by atoms with Crippen molar-refractivity contribution < 1.29 is 13.9 Å². The summed E-state index contributed by atoms with van der Waals surface area (Å²) in [6, 6.07) is 9.35. The number of nitrogens with one attached hydrogen (secondary N) is 1. The van der Waals surface area contributed by atoms with E-state index in [0.717, 1.165) is 22.7 Å². The Kier molecular flexibility index (Phi) is 4.83. The maximum Gasteiger partial charge on any atom is 0.307 e. The molecule has 0 spiro atoms. The lowest BCUT2D eigenvalue weighted by Crippen LogP contribution is -2.28. The van der Waals surface area contributed by atoms with E-state index in [-0.39, 0.29) is 11.8 Å². The fourth-order valence-electron chi connectivity index (χ4n) is 2.52. The van der Waals surface area contributed by atoms with Gasteiger partial charge in [0.25, 0.3) is 5.89 Å². The van der Waals surface area contributed by atoms with Crippen LogP contribution in [0.25, 0.3) is 11.3 Å². The van der Waals surface area contributed by atoms with Crippen molar-refractivity contribution in [3.05, 3.63) is 53.8 Å². The molecule has 1 N–H and O–H groups in total. The van der Waals surface area contributed by atoms with Gasteiger partial charge in [0.15, 0.2) is 5.76 Å².